The average Bonchev–Trinajstić information content (AvgIpc) is 3.21. The Morgan fingerprint density at radius 1 is 1.00 bits per heavy atom. The van der Waals surface area contributed by atoms with Crippen molar-refractivity contribution in [1.82, 2.24) is 10.2 Å². The number of hydrogen-bond acceptors (Lipinski definition) is 5. The van der Waals surface area contributed by atoms with Crippen LogP contribution in [0, 0.1) is 11.7 Å². The average molecular weight is 485 g/mol. The Morgan fingerprint density at radius 2 is 1.71 bits per heavy atom. The second-order valence-corrected chi connectivity index (χ2v) is 10.5. The van der Waals surface area contributed by atoms with Crippen molar-refractivity contribution in [2.24, 2.45) is 5.92 Å². The van der Waals surface area contributed by atoms with E-state index >= 15 is 0 Å². The number of benzene rings is 2. The number of likely N-dealkylation sites (tertiary alicyclic amines) is 1. The molecule has 2 aromatic rings. The molecular weight excluding hydrogens is 443 g/mol. The summed E-state index contributed by atoms with van der Waals surface area (Å²) < 4.78 is 31.5. The van der Waals surface area contributed by atoms with Crippen LogP contribution in [-0.2, 0) is 20.6 Å². The summed E-state index contributed by atoms with van der Waals surface area (Å²) in [5.41, 5.74) is 2.71. The van der Waals surface area contributed by atoms with Crippen molar-refractivity contribution >= 4 is 0 Å². The Hall–Kier alpha value is -1.83. The third-order valence-corrected chi connectivity index (χ3v) is 8.00. The summed E-state index contributed by atoms with van der Waals surface area (Å²) in [6.45, 7) is 5.07. The number of hydrogen-bond donors (Lipinski definition) is 1. The smallest absolute Gasteiger partial charge is 0.136 e. The van der Waals surface area contributed by atoms with Crippen molar-refractivity contribution in [3.05, 3.63) is 59.9 Å². The predicted molar refractivity (Wildman–Crippen MR) is 138 cm³/mol. The van der Waals surface area contributed by atoms with Crippen LogP contribution in [0.2, 0.25) is 0 Å². The summed E-state index contributed by atoms with van der Waals surface area (Å²) in [5.74, 6) is 0.377. The van der Waals surface area contributed by atoms with E-state index in [0.29, 0.717) is 5.92 Å². The minimum absolute atomic E-state index is 0.128. The van der Waals surface area contributed by atoms with Crippen molar-refractivity contribution in [1.29, 1.82) is 0 Å². The van der Waals surface area contributed by atoms with Crippen molar-refractivity contribution in [2.45, 2.75) is 76.1 Å². The van der Waals surface area contributed by atoms with E-state index in [1.807, 2.05) is 27.0 Å². The van der Waals surface area contributed by atoms with Crippen LogP contribution < -0.4 is 5.32 Å². The zero-order valence-corrected chi connectivity index (χ0v) is 21.8. The van der Waals surface area contributed by atoms with Crippen LogP contribution in [-0.4, -0.2) is 62.9 Å². The second-order valence-electron chi connectivity index (χ2n) is 10.5. The molecule has 0 radical (unpaired) electrons. The molecule has 35 heavy (non-hydrogen) atoms. The molecular formula is C29H41FN2O3. The van der Waals surface area contributed by atoms with Gasteiger partial charge in [-0.2, -0.15) is 0 Å². The lowest BCUT2D eigenvalue weighted by molar-refractivity contribution is -0.120. The Bertz CT molecular complexity index is 964. The van der Waals surface area contributed by atoms with E-state index in [1.165, 1.54) is 30.9 Å². The van der Waals surface area contributed by atoms with E-state index < -0.39 is 5.60 Å². The molecule has 2 aromatic carbocycles. The van der Waals surface area contributed by atoms with Crippen LogP contribution in [0.25, 0.3) is 11.1 Å². The first-order chi connectivity index (χ1) is 16.9. The van der Waals surface area contributed by atoms with Gasteiger partial charge >= 0.3 is 0 Å². The predicted octanol–water partition coefficient (Wildman–Crippen LogP) is 5.24. The first-order valence-corrected chi connectivity index (χ1v) is 12.8. The van der Waals surface area contributed by atoms with Crippen molar-refractivity contribution in [3.8, 4) is 11.1 Å². The van der Waals surface area contributed by atoms with Gasteiger partial charge in [0.15, 0.2) is 0 Å². The zero-order valence-electron chi connectivity index (χ0n) is 21.8. The highest BCUT2D eigenvalue weighted by Gasteiger charge is 2.44. The van der Waals surface area contributed by atoms with E-state index in [9.17, 15) is 4.39 Å². The summed E-state index contributed by atoms with van der Waals surface area (Å²) >= 11 is 0. The van der Waals surface area contributed by atoms with Gasteiger partial charge in [-0.1, -0.05) is 42.8 Å². The molecule has 2 aliphatic rings. The highest BCUT2D eigenvalue weighted by molar-refractivity contribution is 5.64. The van der Waals surface area contributed by atoms with Crippen molar-refractivity contribution in [3.63, 3.8) is 0 Å². The SMILES string of the molecule is COC(C1CCC1)N1CCC(NC(OC)C(C)(C)OC)C1Cc1cccc(-c2cccc(F)c2)c1. The third-order valence-electron chi connectivity index (χ3n) is 8.00. The van der Waals surface area contributed by atoms with Crippen molar-refractivity contribution < 1.29 is 18.6 Å². The fourth-order valence-corrected chi connectivity index (χ4v) is 5.61. The minimum atomic E-state index is -0.460. The van der Waals surface area contributed by atoms with Gasteiger partial charge in [-0.25, -0.2) is 4.39 Å². The van der Waals surface area contributed by atoms with Gasteiger partial charge in [0.05, 0.1) is 0 Å². The maximum absolute atomic E-state index is 13.9. The van der Waals surface area contributed by atoms with Gasteiger partial charge in [0.1, 0.15) is 23.9 Å². The zero-order chi connectivity index (χ0) is 25.0. The van der Waals surface area contributed by atoms with E-state index in [2.05, 4.69) is 34.5 Å². The van der Waals surface area contributed by atoms with Gasteiger partial charge in [0, 0.05) is 40.0 Å². The van der Waals surface area contributed by atoms with E-state index in [4.69, 9.17) is 14.2 Å². The van der Waals surface area contributed by atoms with Crippen LogP contribution in [0.1, 0.15) is 45.1 Å². The molecule has 0 spiro atoms. The molecule has 4 rings (SSSR count). The number of ether oxygens (including phenoxy) is 3. The molecule has 1 aliphatic carbocycles. The van der Waals surface area contributed by atoms with Crippen molar-refractivity contribution in [2.75, 3.05) is 27.9 Å². The molecule has 1 N–H and O–H groups in total. The second kappa shape index (κ2) is 11.5. The lowest BCUT2D eigenvalue weighted by atomic mass is 9.83. The maximum atomic E-state index is 13.9. The Kier molecular flexibility index (Phi) is 8.61. The van der Waals surface area contributed by atoms with Gasteiger partial charge in [-0.3, -0.25) is 10.2 Å². The number of methoxy groups -OCH3 is 3. The van der Waals surface area contributed by atoms with Crippen LogP contribution in [0.4, 0.5) is 4.39 Å². The molecule has 192 valence electrons. The topological polar surface area (TPSA) is 43.0 Å². The van der Waals surface area contributed by atoms with Gasteiger partial charge in [0.25, 0.3) is 0 Å². The summed E-state index contributed by atoms with van der Waals surface area (Å²) in [4.78, 5) is 2.56. The van der Waals surface area contributed by atoms with Gasteiger partial charge in [0.2, 0.25) is 0 Å². The molecule has 0 amide bonds. The molecule has 4 unspecified atom stereocenters. The van der Waals surface area contributed by atoms with E-state index in [0.717, 1.165) is 30.5 Å². The highest BCUT2D eigenvalue weighted by atomic mass is 19.1. The number of rotatable bonds is 11. The monoisotopic (exact) mass is 484 g/mol. The lowest BCUT2D eigenvalue weighted by Crippen LogP contribution is -2.57. The largest absolute Gasteiger partial charge is 0.375 e. The normalized spacial score (nSPS) is 23.3. The van der Waals surface area contributed by atoms with Crippen LogP contribution in [0.15, 0.2) is 48.5 Å². The summed E-state index contributed by atoms with van der Waals surface area (Å²) in [6, 6.07) is 15.8. The molecule has 2 fully saturated rings. The molecule has 1 saturated heterocycles. The standard InChI is InChI=1S/C29H41FN2O3/c1-29(2,35-5)28(34-4)31-25-15-16-32(27(33-3)21-10-7-11-21)26(25)18-20-9-6-12-22(17-20)23-13-8-14-24(30)19-23/h6,8-9,12-14,17,19,21,25-28,31H,7,10-11,15-16,18H2,1-5H3. The van der Waals surface area contributed by atoms with Gasteiger partial charge < -0.3 is 14.2 Å². The Morgan fingerprint density at radius 3 is 2.31 bits per heavy atom. The van der Waals surface area contributed by atoms with E-state index in [1.54, 1.807) is 26.4 Å². The molecule has 1 saturated carbocycles. The minimum Gasteiger partial charge on any atom is -0.375 e. The summed E-state index contributed by atoms with van der Waals surface area (Å²) in [5, 5.41) is 3.77. The fourth-order valence-electron chi connectivity index (χ4n) is 5.61. The summed E-state index contributed by atoms with van der Waals surface area (Å²) in [6.07, 6.45) is 5.52. The Balaban J connectivity index is 1.60. The molecule has 0 aromatic heterocycles. The first-order valence-electron chi connectivity index (χ1n) is 12.8. The summed E-state index contributed by atoms with van der Waals surface area (Å²) in [7, 11) is 5.30. The fraction of sp³-hybridized carbons (Fsp3) is 0.586. The first kappa shape index (κ1) is 26.2. The molecule has 1 aliphatic heterocycles. The quantitative estimate of drug-likeness (QED) is 0.442. The molecule has 4 atom stereocenters. The number of halogens is 1. The van der Waals surface area contributed by atoms with E-state index in [-0.39, 0.29) is 30.4 Å². The number of nitrogens with one attached hydrogen (secondary N) is 1. The highest BCUT2D eigenvalue weighted by Crippen LogP contribution is 2.37. The van der Waals surface area contributed by atoms with Gasteiger partial charge in [-0.15, -0.1) is 0 Å². The Labute approximate surface area is 209 Å². The van der Waals surface area contributed by atoms with Gasteiger partial charge in [-0.05, 0) is 74.3 Å². The molecule has 6 heteroatoms. The lowest BCUT2D eigenvalue weighted by Gasteiger charge is -2.42. The van der Waals surface area contributed by atoms with Crippen LogP contribution in [0.3, 0.4) is 0 Å². The number of nitrogens with zero attached hydrogens (tertiary/aromatic N) is 1. The van der Waals surface area contributed by atoms with Crippen LogP contribution >= 0.6 is 0 Å². The maximum Gasteiger partial charge on any atom is 0.136 e. The molecule has 5 nitrogen and oxygen atoms in total. The third kappa shape index (κ3) is 5.95. The van der Waals surface area contributed by atoms with Crippen LogP contribution in [0.5, 0.6) is 0 Å². The molecule has 1 heterocycles. The molecule has 0 bridgehead atoms.